The molecular weight excluding hydrogens is 430 g/mol. The van der Waals surface area contributed by atoms with E-state index in [0.717, 1.165) is 0 Å². The van der Waals surface area contributed by atoms with Crippen LogP contribution >= 0.6 is 0 Å². The van der Waals surface area contributed by atoms with E-state index in [1.54, 1.807) is 60.2 Å². The third kappa shape index (κ3) is 3.34. The number of nitrogen functional groups attached to an aromatic ring is 1. The lowest BCUT2D eigenvalue weighted by Crippen LogP contribution is -2.34. The van der Waals surface area contributed by atoms with Gasteiger partial charge in [0.05, 0.1) is 22.6 Å². The van der Waals surface area contributed by atoms with Crippen LogP contribution in [0.4, 0.5) is 5.82 Å². The summed E-state index contributed by atoms with van der Waals surface area (Å²) >= 11 is 0. The first-order valence-electron chi connectivity index (χ1n) is 10.5. The number of benzene rings is 2. The average Bonchev–Trinajstić information content (AvgIpc) is 3.19. The van der Waals surface area contributed by atoms with E-state index >= 15 is 0 Å². The number of hydrogen-bond acceptors (Lipinski definition) is 5. The Labute approximate surface area is 193 Å². The molecule has 3 heterocycles. The first-order chi connectivity index (χ1) is 16.5. The van der Waals surface area contributed by atoms with Crippen LogP contribution in [0.3, 0.4) is 0 Å². The Morgan fingerprint density at radius 2 is 2.00 bits per heavy atom. The van der Waals surface area contributed by atoms with Crippen LogP contribution in [0.25, 0.3) is 22.2 Å². The van der Waals surface area contributed by atoms with Crippen LogP contribution in [0, 0.1) is 12.3 Å². The van der Waals surface area contributed by atoms with E-state index in [2.05, 4.69) is 21.3 Å². The van der Waals surface area contributed by atoms with Crippen LogP contribution in [-0.2, 0) is 0 Å². The Bertz CT molecular complexity index is 1660. The maximum Gasteiger partial charge on any atom is 0.362 e. The Balaban J connectivity index is 1.65. The lowest BCUT2D eigenvalue weighted by atomic mass is 10.1. The molecule has 0 bridgehead atoms. The second kappa shape index (κ2) is 8.18. The predicted octanol–water partition coefficient (Wildman–Crippen LogP) is 1.90. The van der Waals surface area contributed by atoms with Gasteiger partial charge in [-0.15, -0.1) is 10.9 Å². The Kier molecular flexibility index (Phi) is 5.03. The van der Waals surface area contributed by atoms with Crippen molar-refractivity contribution >= 4 is 28.3 Å². The maximum atomic E-state index is 13.7. The van der Waals surface area contributed by atoms with Crippen molar-refractivity contribution in [1.29, 1.82) is 0 Å². The molecule has 9 nitrogen and oxygen atoms in total. The molecule has 34 heavy (non-hydrogen) atoms. The Morgan fingerprint density at radius 3 is 2.76 bits per heavy atom. The number of anilines is 1. The van der Waals surface area contributed by atoms with Crippen molar-refractivity contribution in [3.63, 3.8) is 0 Å². The number of H-pyrrole nitrogens is 1. The number of rotatable bonds is 4. The van der Waals surface area contributed by atoms with E-state index in [-0.39, 0.29) is 16.9 Å². The number of carbonyl (C=O) groups is 1. The van der Waals surface area contributed by atoms with Crippen molar-refractivity contribution in [2.45, 2.75) is 13.0 Å². The predicted molar refractivity (Wildman–Crippen MR) is 127 cm³/mol. The molecule has 0 spiro atoms. The number of amides is 1. The van der Waals surface area contributed by atoms with Gasteiger partial charge in [0.15, 0.2) is 11.4 Å². The molecule has 9 heteroatoms. The van der Waals surface area contributed by atoms with Crippen LogP contribution < -0.4 is 21.1 Å². The number of aromatic amines is 1. The molecule has 0 fully saturated rings. The molecule has 5 rings (SSSR count). The van der Waals surface area contributed by atoms with Crippen molar-refractivity contribution in [2.75, 3.05) is 5.73 Å². The summed E-state index contributed by atoms with van der Waals surface area (Å²) in [5.41, 5.74) is 7.84. The zero-order valence-electron chi connectivity index (χ0n) is 18.2. The van der Waals surface area contributed by atoms with Gasteiger partial charge in [-0.25, -0.2) is 10.1 Å². The first kappa shape index (κ1) is 20.9. The number of nitrogens with two attached hydrogens (primary N) is 1. The molecule has 1 unspecified atom stereocenters. The molecule has 0 aliphatic heterocycles. The van der Waals surface area contributed by atoms with Crippen molar-refractivity contribution in [3.8, 4) is 18.0 Å². The van der Waals surface area contributed by atoms with Gasteiger partial charge in [0.1, 0.15) is 18.2 Å². The summed E-state index contributed by atoms with van der Waals surface area (Å²) in [5, 5.41) is 6.14. The molecule has 0 saturated heterocycles. The van der Waals surface area contributed by atoms with Gasteiger partial charge in [-0.2, -0.15) is 0 Å². The fourth-order valence-electron chi connectivity index (χ4n) is 3.99. The van der Waals surface area contributed by atoms with E-state index in [9.17, 15) is 9.59 Å². The standard InChI is InChI=1S/C25H19N7O2/c1-3-16-9-7-12-18-19(16)25(34)32(17-10-5-4-6-11-17)22(29-18)15(2)28-24(33)20-21(26)30-31-14-8-13-27-23(20)31/h1,4-15H,2H3,(H3,26,28,30,33)/p+1. The van der Waals surface area contributed by atoms with Gasteiger partial charge in [0.25, 0.3) is 11.5 Å². The number of aromatic nitrogens is 5. The molecule has 2 aromatic carbocycles. The van der Waals surface area contributed by atoms with E-state index in [1.807, 2.05) is 18.2 Å². The van der Waals surface area contributed by atoms with E-state index < -0.39 is 11.9 Å². The summed E-state index contributed by atoms with van der Waals surface area (Å²) in [7, 11) is 0. The lowest BCUT2D eigenvalue weighted by molar-refractivity contribution is -0.577. The second-order valence-electron chi connectivity index (χ2n) is 7.70. The van der Waals surface area contributed by atoms with E-state index in [0.29, 0.717) is 33.6 Å². The number of carbonyl (C=O) groups excluding carboxylic acids is 1. The third-order valence-electron chi connectivity index (χ3n) is 5.54. The molecule has 166 valence electrons. The quantitative estimate of drug-likeness (QED) is 0.285. The molecule has 0 radical (unpaired) electrons. The molecule has 1 atom stereocenters. The van der Waals surface area contributed by atoms with Gasteiger partial charge in [0, 0.05) is 11.6 Å². The van der Waals surface area contributed by atoms with Crippen molar-refractivity contribution in [3.05, 3.63) is 94.3 Å². The summed E-state index contributed by atoms with van der Waals surface area (Å²) < 4.78 is 3.03. The highest BCUT2D eigenvalue weighted by Crippen LogP contribution is 2.21. The molecule has 1 amide bonds. The highest BCUT2D eigenvalue weighted by molar-refractivity contribution is 6.03. The first-order valence-corrected chi connectivity index (χ1v) is 10.5. The summed E-state index contributed by atoms with van der Waals surface area (Å²) in [6, 6.07) is 15.3. The Hall–Kier alpha value is -4.97. The van der Waals surface area contributed by atoms with Gasteiger partial charge in [-0.05, 0) is 36.2 Å². The van der Waals surface area contributed by atoms with Crippen LogP contribution in [0.15, 0.2) is 71.8 Å². The molecule has 5 aromatic rings. The van der Waals surface area contributed by atoms with Crippen LogP contribution in [0.5, 0.6) is 0 Å². The highest BCUT2D eigenvalue weighted by Gasteiger charge is 2.27. The zero-order valence-corrected chi connectivity index (χ0v) is 18.2. The van der Waals surface area contributed by atoms with Gasteiger partial charge in [-0.3, -0.25) is 14.2 Å². The summed E-state index contributed by atoms with van der Waals surface area (Å²) in [6.07, 6.45) is 8.93. The van der Waals surface area contributed by atoms with E-state index in [4.69, 9.17) is 17.1 Å². The minimum Gasteiger partial charge on any atom is -0.382 e. The van der Waals surface area contributed by atoms with Gasteiger partial charge >= 0.3 is 5.65 Å². The topological polar surface area (TPSA) is 123 Å². The molecule has 4 N–H and O–H groups in total. The van der Waals surface area contributed by atoms with Gasteiger partial charge in [-0.1, -0.05) is 30.2 Å². The smallest absolute Gasteiger partial charge is 0.362 e. The largest absolute Gasteiger partial charge is 0.382 e. The van der Waals surface area contributed by atoms with Crippen molar-refractivity contribution < 1.29 is 9.31 Å². The number of nitrogens with one attached hydrogen (secondary N) is 2. The maximum absolute atomic E-state index is 13.7. The fourth-order valence-corrected chi connectivity index (χ4v) is 3.99. The van der Waals surface area contributed by atoms with Crippen molar-refractivity contribution in [1.82, 2.24) is 25.0 Å². The van der Waals surface area contributed by atoms with E-state index in [1.165, 1.54) is 4.57 Å². The van der Waals surface area contributed by atoms with Crippen molar-refractivity contribution in [2.24, 2.45) is 0 Å². The molecule has 0 aliphatic carbocycles. The normalized spacial score (nSPS) is 11.9. The van der Waals surface area contributed by atoms with Gasteiger partial charge in [0.2, 0.25) is 0 Å². The fraction of sp³-hybridized carbons (Fsp3) is 0.0800. The number of fused-ring (bicyclic) bond motifs is 2. The minimum atomic E-state index is -0.655. The summed E-state index contributed by atoms with van der Waals surface area (Å²) in [5.74, 6) is 2.64. The summed E-state index contributed by atoms with van der Waals surface area (Å²) in [6.45, 7) is 1.75. The van der Waals surface area contributed by atoms with Crippen LogP contribution in [-0.4, -0.2) is 25.5 Å². The third-order valence-corrected chi connectivity index (χ3v) is 5.54. The summed E-state index contributed by atoms with van der Waals surface area (Å²) in [4.78, 5) is 35.8. The number of terminal acetylenes is 1. The Morgan fingerprint density at radius 1 is 1.21 bits per heavy atom. The number of para-hydroxylation sites is 1. The average molecular weight is 450 g/mol. The van der Waals surface area contributed by atoms with Crippen LogP contribution in [0.2, 0.25) is 0 Å². The second-order valence-corrected chi connectivity index (χ2v) is 7.70. The minimum absolute atomic E-state index is 0.175. The SMILES string of the molecule is C#Cc1cccc2nc(C(C)NC(=O)c3c(N)[nH][n+]4cccnc34)n(-c3ccccc3)c(=O)c12. The monoisotopic (exact) mass is 450 g/mol. The molecule has 0 saturated carbocycles. The number of nitrogens with zero attached hydrogens (tertiary/aromatic N) is 4. The highest BCUT2D eigenvalue weighted by atomic mass is 16.2. The van der Waals surface area contributed by atoms with Crippen LogP contribution in [0.1, 0.15) is 34.7 Å². The lowest BCUT2D eigenvalue weighted by Gasteiger charge is -2.19. The van der Waals surface area contributed by atoms with Gasteiger partial charge < -0.3 is 11.1 Å². The molecule has 3 aromatic heterocycles. The molecular formula is C25H20N7O2+. The molecule has 0 aliphatic rings. The number of hydrogen-bond donors (Lipinski definition) is 3. The zero-order chi connectivity index (χ0) is 23.8.